The molecule has 0 spiro atoms. The van der Waals surface area contributed by atoms with Crippen LogP contribution in [0.15, 0.2) is 30.4 Å². The van der Waals surface area contributed by atoms with E-state index in [4.69, 9.17) is 15.6 Å². The molecular weight excluding hydrogens is 248 g/mol. The Hall–Kier alpha value is -2.50. The molecule has 0 aromatic heterocycles. The van der Waals surface area contributed by atoms with Crippen LogP contribution >= 0.6 is 0 Å². The van der Waals surface area contributed by atoms with Crippen LogP contribution in [0.5, 0.6) is 5.75 Å². The van der Waals surface area contributed by atoms with E-state index in [0.717, 1.165) is 6.08 Å². The molecule has 0 saturated heterocycles. The highest BCUT2D eigenvalue weighted by Gasteiger charge is 2.30. The minimum atomic E-state index is -1.05. The van der Waals surface area contributed by atoms with E-state index >= 15 is 0 Å². The Bertz CT molecular complexity index is 554. The van der Waals surface area contributed by atoms with Gasteiger partial charge in [0.15, 0.2) is 6.10 Å². The van der Waals surface area contributed by atoms with E-state index in [9.17, 15) is 9.59 Å². The van der Waals surface area contributed by atoms with Crippen molar-refractivity contribution >= 4 is 23.3 Å². The van der Waals surface area contributed by atoms with Crippen LogP contribution in [0, 0.1) is 0 Å². The van der Waals surface area contributed by atoms with Crippen molar-refractivity contribution in [2.45, 2.75) is 13.0 Å². The smallest absolute Gasteiger partial charge is 0.328 e. The zero-order valence-corrected chi connectivity index (χ0v) is 10.4. The lowest BCUT2D eigenvalue weighted by atomic mass is 10.1. The second kappa shape index (κ2) is 5.01. The number of benzene rings is 1. The van der Waals surface area contributed by atoms with Crippen molar-refractivity contribution < 1.29 is 19.4 Å². The summed E-state index contributed by atoms with van der Waals surface area (Å²) in [5.74, 6) is -0.722. The molecule has 100 valence electrons. The average molecular weight is 262 g/mol. The predicted molar refractivity (Wildman–Crippen MR) is 70.1 cm³/mol. The van der Waals surface area contributed by atoms with Crippen LogP contribution in [-0.2, 0) is 9.59 Å². The van der Waals surface area contributed by atoms with Crippen molar-refractivity contribution in [3.8, 4) is 5.75 Å². The summed E-state index contributed by atoms with van der Waals surface area (Å²) < 4.78 is 5.47. The van der Waals surface area contributed by atoms with Crippen molar-refractivity contribution in [3.05, 3.63) is 30.4 Å². The van der Waals surface area contributed by atoms with Gasteiger partial charge in [-0.15, -0.1) is 0 Å². The van der Waals surface area contributed by atoms with E-state index in [1.165, 1.54) is 11.0 Å². The van der Waals surface area contributed by atoms with Crippen LogP contribution in [0.1, 0.15) is 6.92 Å². The van der Waals surface area contributed by atoms with Gasteiger partial charge in [0, 0.05) is 18.3 Å². The summed E-state index contributed by atoms with van der Waals surface area (Å²) in [5.41, 5.74) is 6.76. The summed E-state index contributed by atoms with van der Waals surface area (Å²) in [4.78, 5) is 24.0. The highest BCUT2D eigenvalue weighted by atomic mass is 16.5. The first-order chi connectivity index (χ1) is 8.99. The first-order valence-electron chi connectivity index (χ1n) is 5.76. The maximum atomic E-state index is 12.1. The average Bonchev–Trinajstić information content (AvgIpc) is 2.34. The normalized spacial score (nSPS) is 18.3. The van der Waals surface area contributed by atoms with Crippen molar-refractivity contribution in [1.29, 1.82) is 0 Å². The third-order valence-electron chi connectivity index (χ3n) is 2.74. The molecule has 19 heavy (non-hydrogen) atoms. The van der Waals surface area contributed by atoms with Crippen molar-refractivity contribution in [1.82, 2.24) is 0 Å². The van der Waals surface area contributed by atoms with Crippen LogP contribution in [0.3, 0.4) is 0 Å². The third kappa shape index (κ3) is 2.67. The van der Waals surface area contributed by atoms with Crippen molar-refractivity contribution in [2.75, 3.05) is 17.2 Å². The summed E-state index contributed by atoms with van der Waals surface area (Å²) >= 11 is 0. The molecule has 6 heteroatoms. The number of hydrogen-bond donors (Lipinski definition) is 2. The summed E-state index contributed by atoms with van der Waals surface area (Å²) in [5, 5.41) is 8.57. The first kappa shape index (κ1) is 12.9. The van der Waals surface area contributed by atoms with Crippen LogP contribution in [-0.4, -0.2) is 29.6 Å². The number of anilines is 2. The van der Waals surface area contributed by atoms with Crippen LogP contribution in [0.2, 0.25) is 0 Å². The van der Waals surface area contributed by atoms with Gasteiger partial charge in [-0.1, -0.05) is 6.08 Å². The lowest BCUT2D eigenvalue weighted by Gasteiger charge is -2.32. The van der Waals surface area contributed by atoms with Crippen LogP contribution in [0.25, 0.3) is 0 Å². The Labute approximate surface area is 110 Å². The molecule has 6 nitrogen and oxygen atoms in total. The minimum Gasteiger partial charge on any atom is -0.479 e. The molecule has 1 atom stereocenters. The van der Waals surface area contributed by atoms with Gasteiger partial charge < -0.3 is 20.5 Å². The van der Waals surface area contributed by atoms with Gasteiger partial charge >= 0.3 is 5.97 Å². The Morgan fingerprint density at radius 3 is 3.00 bits per heavy atom. The number of fused-ring (bicyclic) bond motifs is 1. The summed E-state index contributed by atoms with van der Waals surface area (Å²) in [6, 6.07) is 5.02. The molecule has 2 rings (SSSR count). The molecule has 0 saturated carbocycles. The predicted octanol–water partition coefficient (Wildman–Crippen LogP) is 1.02. The van der Waals surface area contributed by atoms with Gasteiger partial charge in [0.25, 0.3) is 5.91 Å². The Morgan fingerprint density at radius 2 is 2.32 bits per heavy atom. The minimum absolute atomic E-state index is 0.162. The molecule has 1 aliphatic heterocycles. The summed E-state index contributed by atoms with van der Waals surface area (Å²) in [7, 11) is 0. The molecule has 1 heterocycles. The van der Waals surface area contributed by atoms with Gasteiger partial charge in [0.2, 0.25) is 0 Å². The zero-order valence-electron chi connectivity index (χ0n) is 10.4. The fraction of sp³-hybridized carbons (Fsp3) is 0.231. The number of rotatable bonds is 3. The zero-order chi connectivity index (χ0) is 14.0. The summed E-state index contributed by atoms with van der Waals surface area (Å²) in [6.45, 7) is 1.81. The van der Waals surface area contributed by atoms with Gasteiger partial charge in [-0.2, -0.15) is 0 Å². The number of carbonyl (C=O) groups excluding carboxylic acids is 1. The van der Waals surface area contributed by atoms with E-state index in [1.807, 2.05) is 0 Å². The quantitative estimate of drug-likeness (QED) is 0.626. The van der Waals surface area contributed by atoms with Gasteiger partial charge in [-0.3, -0.25) is 4.79 Å². The van der Waals surface area contributed by atoms with Gasteiger partial charge in [0.05, 0.1) is 5.69 Å². The number of hydrogen-bond acceptors (Lipinski definition) is 4. The second-order valence-electron chi connectivity index (χ2n) is 4.18. The number of carbonyl (C=O) groups is 2. The number of nitrogen functional groups attached to an aromatic ring is 1. The first-order valence-corrected chi connectivity index (χ1v) is 5.76. The largest absolute Gasteiger partial charge is 0.479 e. The SMILES string of the molecule is CC1Oc2ccc(N)cc2N(C/C=C/C(=O)O)C1=O. The number of carboxylic acids is 1. The Morgan fingerprint density at radius 1 is 1.58 bits per heavy atom. The maximum Gasteiger partial charge on any atom is 0.328 e. The highest BCUT2D eigenvalue weighted by Crippen LogP contribution is 2.35. The third-order valence-corrected chi connectivity index (χ3v) is 2.74. The van der Waals surface area contributed by atoms with E-state index < -0.39 is 12.1 Å². The lowest BCUT2D eigenvalue weighted by Crippen LogP contribution is -2.44. The molecule has 1 aliphatic rings. The van der Waals surface area contributed by atoms with Gasteiger partial charge in [0.1, 0.15) is 5.75 Å². The monoisotopic (exact) mass is 262 g/mol. The number of carboxylic acid groups (broad SMARTS) is 1. The second-order valence-corrected chi connectivity index (χ2v) is 4.18. The standard InChI is InChI=1S/C13H14N2O4/c1-8-13(18)15(6-2-3-12(16)17)10-7-9(14)4-5-11(10)19-8/h2-5,7-8H,6,14H2,1H3,(H,16,17)/b3-2+. The van der Waals surface area contributed by atoms with E-state index in [2.05, 4.69) is 0 Å². The van der Waals surface area contributed by atoms with Gasteiger partial charge in [-0.05, 0) is 25.1 Å². The molecule has 0 fully saturated rings. The fourth-order valence-corrected chi connectivity index (χ4v) is 1.87. The molecule has 3 N–H and O–H groups in total. The number of ether oxygens (including phenoxy) is 1. The molecule has 1 aromatic rings. The van der Waals surface area contributed by atoms with Crippen molar-refractivity contribution in [2.24, 2.45) is 0 Å². The fourth-order valence-electron chi connectivity index (χ4n) is 1.87. The number of nitrogens with two attached hydrogens (primary N) is 1. The molecule has 0 aliphatic carbocycles. The Balaban J connectivity index is 2.33. The maximum absolute atomic E-state index is 12.1. The van der Waals surface area contributed by atoms with Gasteiger partial charge in [-0.25, -0.2) is 4.79 Å². The van der Waals surface area contributed by atoms with E-state index in [0.29, 0.717) is 17.1 Å². The highest BCUT2D eigenvalue weighted by molar-refractivity contribution is 6.00. The van der Waals surface area contributed by atoms with Crippen LogP contribution in [0.4, 0.5) is 11.4 Å². The topological polar surface area (TPSA) is 92.9 Å². The number of aliphatic carboxylic acids is 1. The molecular formula is C13H14N2O4. The molecule has 1 unspecified atom stereocenters. The van der Waals surface area contributed by atoms with Crippen LogP contribution < -0.4 is 15.4 Å². The van der Waals surface area contributed by atoms with E-state index in [-0.39, 0.29) is 12.5 Å². The number of nitrogens with zero attached hydrogens (tertiary/aromatic N) is 1. The molecule has 0 radical (unpaired) electrons. The molecule has 1 aromatic carbocycles. The summed E-state index contributed by atoms with van der Waals surface area (Å²) in [6.07, 6.45) is 1.80. The molecule has 0 bridgehead atoms. The van der Waals surface area contributed by atoms with Crippen molar-refractivity contribution in [3.63, 3.8) is 0 Å². The van der Waals surface area contributed by atoms with E-state index in [1.54, 1.807) is 25.1 Å². The lowest BCUT2D eigenvalue weighted by molar-refractivity contribution is -0.131. The molecule has 1 amide bonds. The number of amides is 1. The Kier molecular flexibility index (Phi) is 3.41.